The Labute approximate surface area is 134 Å². The first kappa shape index (κ1) is 17.9. The summed E-state index contributed by atoms with van der Waals surface area (Å²) in [5.41, 5.74) is 1.50. The van der Waals surface area contributed by atoms with E-state index in [1.165, 1.54) is 0 Å². The summed E-state index contributed by atoms with van der Waals surface area (Å²) in [4.78, 5) is 23.2. The van der Waals surface area contributed by atoms with Crippen molar-refractivity contribution < 1.29 is 14.7 Å². The Morgan fingerprint density at radius 1 is 1.27 bits per heavy atom. The van der Waals surface area contributed by atoms with Gasteiger partial charge in [-0.3, -0.25) is 9.59 Å². The molecule has 0 unspecified atom stereocenters. The third-order valence-corrected chi connectivity index (χ3v) is 3.16. The number of nitrogens with one attached hydrogen (secondary N) is 2. The number of benzene rings is 1. The molecule has 0 aliphatic carbocycles. The van der Waals surface area contributed by atoms with E-state index >= 15 is 0 Å². The molecule has 0 saturated heterocycles. The molecule has 0 saturated carbocycles. The Bertz CT molecular complexity index is 592. The molecule has 0 aromatic heterocycles. The van der Waals surface area contributed by atoms with Crippen molar-refractivity contribution in [1.82, 2.24) is 5.32 Å². The SMILES string of the molecule is C/C=C(Cl)\C(=C/CC)NC(=O)c1ccc(NC(=O)CO)cc1. The smallest absolute Gasteiger partial charge is 0.255 e. The van der Waals surface area contributed by atoms with Crippen molar-refractivity contribution in [2.24, 2.45) is 0 Å². The number of carbonyl (C=O) groups excluding carboxylic acids is 2. The predicted octanol–water partition coefficient (Wildman–Crippen LogP) is 2.78. The van der Waals surface area contributed by atoms with Gasteiger partial charge in [-0.15, -0.1) is 0 Å². The second-order valence-corrected chi connectivity index (χ2v) is 4.81. The molecular formula is C16H19ClN2O3. The summed E-state index contributed by atoms with van der Waals surface area (Å²) in [6.45, 7) is 3.15. The molecule has 22 heavy (non-hydrogen) atoms. The van der Waals surface area contributed by atoms with Gasteiger partial charge in [0.25, 0.3) is 5.91 Å². The van der Waals surface area contributed by atoms with E-state index in [-0.39, 0.29) is 5.91 Å². The lowest BCUT2D eigenvalue weighted by atomic mass is 10.2. The number of hydrogen-bond acceptors (Lipinski definition) is 3. The number of carbonyl (C=O) groups is 2. The van der Waals surface area contributed by atoms with Crippen LogP contribution < -0.4 is 10.6 Å². The van der Waals surface area contributed by atoms with E-state index in [9.17, 15) is 9.59 Å². The summed E-state index contributed by atoms with van der Waals surface area (Å²) >= 11 is 6.05. The number of rotatable bonds is 6. The highest BCUT2D eigenvalue weighted by atomic mass is 35.5. The Morgan fingerprint density at radius 3 is 2.41 bits per heavy atom. The fourth-order valence-electron chi connectivity index (χ4n) is 1.67. The van der Waals surface area contributed by atoms with Gasteiger partial charge in [0.2, 0.25) is 5.91 Å². The Morgan fingerprint density at radius 2 is 1.91 bits per heavy atom. The standard InChI is InChI=1S/C16H19ClN2O3/c1-3-5-14(13(17)4-2)19-16(22)11-6-8-12(9-7-11)18-15(21)10-20/h4-9,20H,3,10H2,1-2H3,(H,18,21)(H,19,22)/b13-4+,14-5+. The third-order valence-electron chi connectivity index (χ3n) is 2.74. The lowest BCUT2D eigenvalue weighted by Gasteiger charge is -2.10. The quantitative estimate of drug-likeness (QED) is 0.705. The van der Waals surface area contributed by atoms with Gasteiger partial charge in [-0.2, -0.15) is 0 Å². The molecule has 0 heterocycles. The summed E-state index contributed by atoms with van der Waals surface area (Å²) in [6.07, 6.45) is 4.28. The van der Waals surface area contributed by atoms with E-state index in [4.69, 9.17) is 16.7 Å². The highest BCUT2D eigenvalue weighted by molar-refractivity contribution is 6.32. The molecule has 0 bridgehead atoms. The molecule has 0 fully saturated rings. The number of halogens is 1. The summed E-state index contributed by atoms with van der Waals surface area (Å²) in [5, 5.41) is 14.4. The second-order valence-electron chi connectivity index (χ2n) is 4.40. The molecule has 0 aliphatic rings. The lowest BCUT2D eigenvalue weighted by molar-refractivity contribution is -0.118. The number of aliphatic hydroxyl groups excluding tert-OH is 1. The van der Waals surface area contributed by atoms with E-state index in [2.05, 4.69) is 10.6 Å². The van der Waals surface area contributed by atoms with Crippen LogP contribution in [0.3, 0.4) is 0 Å². The minimum absolute atomic E-state index is 0.292. The molecule has 0 aliphatic heterocycles. The van der Waals surface area contributed by atoms with Crippen LogP contribution >= 0.6 is 11.6 Å². The van der Waals surface area contributed by atoms with Gasteiger partial charge in [0.05, 0.1) is 10.7 Å². The van der Waals surface area contributed by atoms with Crippen LogP contribution in [0.5, 0.6) is 0 Å². The predicted molar refractivity (Wildman–Crippen MR) is 87.6 cm³/mol. The van der Waals surface area contributed by atoms with Crippen LogP contribution in [0.25, 0.3) is 0 Å². The maximum absolute atomic E-state index is 12.2. The lowest BCUT2D eigenvalue weighted by Crippen LogP contribution is -2.23. The van der Waals surface area contributed by atoms with Crippen LogP contribution in [0, 0.1) is 0 Å². The average Bonchev–Trinajstić information content (AvgIpc) is 2.54. The van der Waals surface area contributed by atoms with E-state index in [0.29, 0.717) is 22.0 Å². The molecule has 118 valence electrons. The fourth-order valence-corrected chi connectivity index (χ4v) is 1.79. The van der Waals surface area contributed by atoms with Gasteiger partial charge in [-0.05, 0) is 37.6 Å². The molecule has 2 amide bonds. The third kappa shape index (κ3) is 5.35. The zero-order valence-corrected chi connectivity index (χ0v) is 13.3. The van der Waals surface area contributed by atoms with Gasteiger partial charge in [-0.25, -0.2) is 0 Å². The number of aliphatic hydroxyl groups is 1. The number of anilines is 1. The maximum atomic E-state index is 12.2. The van der Waals surface area contributed by atoms with Gasteiger partial charge in [0.15, 0.2) is 0 Å². The highest BCUT2D eigenvalue weighted by Gasteiger charge is 2.10. The molecule has 0 atom stereocenters. The molecule has 1 aromatic rings. The van der Waals surface area contributed by atoms with E-state index in [1.807, 2.05) is 13.0 Å². The Kier molecular flexibility index (Phi) is 7.36. The maximum Gasteiger partial charge on any atom is 0.255 e. The average molecular weight is 323 g/mol. The molecule has 0 radical (unpaired) electrons. The van der Waals surface area contributed by atoms with Crippen molar-refractivity contribution >= 4 is 29.1 Å². The molecule has 5 nitrogen and oxygen atoms in total. The van der Waals surface area contributed by atoms with Crippen molar-refractivity contribution in [3.05, 3.63) is 52.7 Å². The molecule has 6 heteroatoms. The summed E-state index contributed by atoms with van der Waals surface area (Å²) < 4.78 is 0. The number of allylic oxidation sites excluding steroid dienone is 3. The van der Waals surface area contributed by atoms with Crippen molar-refractivity contribution in [2.45, 2.75) is 20.3 Å². The van der Waals surface area contributed by atoms with Gasteiger partial charge in [0.1, 0.15) is 6.61 Å². The van der Waals surface area contributed by atoms with E-state index in [1.54, 1.807) is 37.3 Å². The summed E-state index contributed by atoms with van der Waals surface area (Å²) in [6, 6.07) is 6.33. The molecular weight excluding hydrogens is 304 g/mol. The van der Waals surface area contributed by atoms with Crippen LogP contribution in [0.2, 0.25) is 0 Å². The highest BCUT2D eigenvalue weighted by Crippen LogP contribution is 2.15. The second kappa shape index (κ2) is 9.02. The van der Waals surface area contributed by atoms with E-state index in [0.717, 1.165) is 6.42 Å². The van der Waals surface area contributed by atoms with E-state index < -0.39 is 12.5 Å². The molecule has 3 N–H and O–H groups in total. The normalized spacial score (nSPS) is 12.0. The largest absolute Gasteiger partial charge is 0.387 e. The first-order valence-corrected chi connectivity index (χ1v) is 7.24. The van der Waals surface area contributed by atoms with Crippen LogP contribution in [0.1, 0.15) is 30.6 Å². The fraction of sp³-hybridized carbons (Fsp3) is 0.250. The van der Waals surface area contributed by atoms with Gasteiger partial charge in [-0.1, -0.05) is 30.7 Å². The Balaban J connectivity index is 2.81. The first-order chi connectivity index (χ1) is 10.5. The van der Waals surface area contributed by atoms with Crippen LogP contribution in [0.4, 0.5) is 5.69 Å². The zero-order valence-electron chi connectivity index (χ0n) is 12.5. The van der Waals surface area contributed by atoms with Gasteiger partial charge in [0, 0.05) is 11.3 Å². The Hall–Kier alpha value is -2.11. The van der Waals surface area contributed by atoms with Crippen LogP contribution in [0.15, 0.2) is 47.1 Å². The minimum Gasteiger partial charge on any atom is -0.387 e. The minimum atomic E-state index is -0.588. The topological polar surface area (TPSA) is 78.4 Å². The molecule has 1 aromatic carbocycles. The molecule has 1 rings (SSSR count). The van der Waals surface area contributed by atoms with Crippen molar-refractivity contribution in [3.63, 3.8) is 0 Å². The van der Waals surface area contributed by atoms with Crippen LogP contribution in [-0.4, -0.2) is 23.5 Å². The number of hydrogen-bond donors (Lipinski definition) is 3. The van der Waals surface area contributed by atoms with Crippen molar-refractivity contribution in [2.75, 3.05) is 11.9 Å². The van der Waals surface area contributed by atoms with Gasteiger partial charge >= 0.3 is 0 Å². The number of amides is 2. The summed E-state index contributed by atoms with van der Waals surface area (Å²) in [5.74, 6) is -0.801. The van der Waals surface area contributed by atoms with Crippen LogP contribution in [-0.2, 0) is 4.79 Å². The first-order valence-electron chi connectivity index (χ1n) is 6.86. The van der Waals surface area contributed by atoms with Crippen molar-refractivity contribution in [3.8, 4) is 0 Å². The monoisotopic (exact) mass is 322 g/mol. The summed E-state index contributed by atoms with van der Waals surface area (Å²) in [7, 11) is 0. The molecule has 0 spiro atoms. The van der Waals surface area contributed by atoms with Gasteiger partial charge < -0.3 is 15.7 Å². The zero-order chi connectivity index (χ0) is 16.5. The van der Waals surface area contributed by atoms with Crippen molar-refractivity contribution in [1.29, 1.82) is 0 Å².